The highest BCUT2D eigenvalue weighted by atomic mass is 35.5. The molecule has 0 aromatic carbocycles. The molecule has 0 rings (SSSR count). The molecule has 4 atom stereocenters. The van der Waals surface area contributed by atoms with Crippen LogP contribution in [0.1, 0.15) is 53.4 Å². The summed E-state index contributed by atoms with van der Waals surface area (Å²) in [5, 5.41) is 23.1. The van der Waals surface area contributed by atoms with Gasteiger partial charge in [0.15, 0.2) is 6.29 Å². The van der Waals surface area contributed by atoms with Crippen LogP contribution in [0.25, 0.3) is 0 Å². The standard InChI is InChI=1S/C20H38ClN3O5/c1-12(2)9-14(18(22)26)10-15(11-16(13(3)4)19(23)27)20(28)24-7-8-29-17(25)5-6-21/h12,14-15,17,20,24-25,28H,5-11H2,1-4H3,(H2,22,26)(H2,23,27). The number of halogens is 1. The Morgan fingerprint density at radius 2 is 1.76 bits per heavy atom. The van der Waals surface area contributed by atoms with Gasteiger partial charge in [-0.25, -0.2) is 0 Å². The van der Waals surface area contributed by atoms with Crippen LogP contribution in [0, 0.1) is 17.8 Å². The highest BCUT2D eigenvalue weighted by Gasteiger charge is 2.29. The van der Waals surface area contributed by atoms with Gasteiger partial charge in [-0.05, 0) is 39.0 Å². The summed E-state index contributed by atoms with van der Waals surface area (Å²) in [6, 6.07) is 0. The fourth-order valence-electron chi connectivity index (χ4n) is 3.15. The molecule has 0 saturated heterocycles. The summed E-state index contributed by atoms with van der Waals surface area (Å²) in [5.41, 5.74) is 12.2. The molecule has 0 aromatic rings. The molecule has 0 aliphatic carbocycles. The number of rotatable bonds is 16. The van der Waals surface area contributed by atoms with Gasteiger partial charge in [0.25, 0.3) is 0 Å². The van der Waals surface area contributed by atoms with E-state index >= 15 is 0 Å². The predicted octanol–water partition coefficient (Wildman–Crippen LogP) is 1.22. The zero-order valence-electron chi connectivity index (χ0n) is 18.0. The fourth-order valence-corrected chi connectivity index (χ4v) is 3.33. The summed E-state index contributed by atoms with van der Waals surface area (Å²) in [7, 11) is 0. The van der Waals surface area contributed by atoms with Crippen LogP contribution in [-0.2, 0) is 14.3 Å². The number of hydrogen-bond acceptors (Lipinski definition) is 6. The minimum absolute atomic E-state index is 0.165. The van der Waals surface area contributed by atoms with Gasteiger partial charge in [0, 0.05) is 36.3 Å². The van der Waals surface area contributed by atoms with E-state index in [1.54, 1.807) is 13.8 Å². The van der Waals surface area contributed by atoms with Gasteiger partial charge < -0.3 is 26.4 Å². The Bertz CT molecular complexity index is 538. The van der Waals surface area contributed by atoms with Crippen LogP contribution in [0.5, 0.6) is 0 Å². The van der Waals surface area contributed by atoms with E-state index in [1.165, 1.54) is 0 Å². The first-order valence-corrected chi connectivity index (χ1v) is 10.6. The van der Waals surface area contributed by atoms with E-state index in [-0.39, 0.29) is 31.4 Å². The van der Waals surface area contributed by atoms with Gasteiger partial charge in [-0.1, -0.05) is 19.4 Å². The SMILES string of the molecule is CC(C)=C(CC(CC(CC(C)C)C(N)=O)C(O)NCCOC(O)CCCl)C(N)=O. The molecule has 170 valence electrons. The zero-order chi connectivity index (χ0) is 22.6. The van der Waals surface area contributed by atoms with Crippen molar-refractivity contribution in [3.63, 3.8) is 0 Å². The van der Waals surface area contributed by atoms with Crippen molar-refractivity contribution >= 4 is 23.4 Å². The van der Waals surface area contributed by atoms with Crippen LogP contribution in [-0.4, -0.2) is 53.6 Å². The first-order chi connectivity index (χ1) is 13.5. The number of ether oxygens (including phenoxy) is 1. The Labute approximate surface area is 179 Å². The van der Waals surface area contributed by atoms with Gasteiger partial charge in [0.2, 0.25) is 11.8 Å². The lowest BCUT2D eigenvalue weighted by atomic mass is 9.83. The maximum atomic E-state index is 11.9. The summed E-state index contributed by atoms with van der Waals surface area (Å²) in [6.45, 7) is 7.98. The number of alkyl halides is 1. The van der Waals surface area contributed by atoms with Gasteiger partial charge >= 0.3 is 0 Å². The van der Waals surface area contributed by atoms with Crippen molar-refractivity contribution in [2.24, 2.45) is 29.2 Å². The smallest absolute Gasteiger partial charge is 0.244 e. The molecule has 0 spiro atoms. The molecule has 29 heavy (non-hydrogen) atoms. The van der Waals surface area contributed by atoms with Crippen LogP contribution in [0.4, 0.5) is 0 Å². The van der Waals surface area contributed by atoms with Crippen molar-refractivity contribution in [1.82, 2.24) is 5.32 Å². The number of aliphatic hydroxyl groups is 2. The molecule has 8 nitrogen and oxygen atoms in total. The summed E-state index contributed by atoms with van der Waals surface area (Å²) in [5.74, 6) is -1.31. The normalized spacial score (nSPS) is 15.6. The minimum atomic E-state index is -1.01. The number of nitrogens with two attached hydrogens (primary N) is 2. The Balaban J connectivity index is 5.17. The molecule has 0 fully saturated rings. The number of hydrogen-bond donors (Lipinski definition) is 5. The van der Waals surface area contributed by atoms with Crippen molar-refractivity contribution in [1.29, 1.82) is 0 Å². The Morgan fingerprint density at radius 1 is 1.14 bits per heavy atom. The third kappa shape index (κ3) is 12.2. The molecule has 0 saturated carbocycles. The maximum absolute atomic E-state index is 11.9. The molecule has 2 amide bonds. The van der Waals surface area contributed by atoms with E-state index in [0.717, 1.165) is 5.57 Å². The molecule has 0 aromatic heterocycles. The second-order valence-electron chi connectivity index (χ2n) is 7.97. The van der Waals surface area contributed by atoms with Crippen LogP contribution < -0.4 is 16.8 Å². The van der Waals surface area contributed by atoms with Crippen molar-refractivity contribution in [3.8, 4) is 0 Å². The number of carbonyl (C=O) groups excluding carboxylic acids is 2. The molecule has 9 heteroatoms. The number of amides is 2. The van der Waals surface area contributed by atoms with Crippen molar-refractivity contribution in [3.05, 3.63) is 11.1 Å². The summed E-state index contributed by atoms with van der Waals surface area (Å²) >= 11 is 5.54. The quantitative estimate of drug-likeness (QED) is 0.106. The monoisotopic (exact) mass is 435 g/mol. The molecule has 0 bridgehead atoms. The maximum Gasteiger partial charge on any atom is 0.244 e. The van der Waals surface area contributed by atoms with Gasteiger partial charge in [-0.3, -0.25) is 14.9 Å². The van der Waals surface area contributed by atoms with Gasteiger partial charge in [0.05, 0.1) is 6.61 Å². The highest BCUT2D eigenvalue weighted by Crippen LogP contribution is 2.27. The van der Waals surface area contributed by atoms with Gasteiger partial charge in [-0.2, -0.15) is 0 Å². The third-order valence-corrected chi connectivity index (χ3v) is 4.90. The first kappa shape index (κ1) is 27.8. The molecule has 0 aliphatic rings. The molecule has 0 aliphatic heterocycles. The molecule has 4 unspecified atom stereocenters. The Morgan fingerprint density at radius 3 is 2.21 bits per heavy atom. The molecule has 0 radical (unpaired) electrons. The second kappa shape index (κ2) is 14.7. The number of aliphatic hydroxyl groups excluding tert-OH is 2. The number of primary amides is 2. The number of carbonyl (C=O) groups is 2. The van der Waals surface area contributed by atoms with E-state index < -0.39 is 36.2 Å². The van der Waals surface area contributed by atoms with Crippen LogP contribution in [0.2, 0.25) is 0 Å². The fraction of sp³-hybridized carbons (Fsp3) is 0.800. The van der Waals surface area contributed by atoms with Crippen LogP contribution >= 0.6 is 11.6 Å². The minimum Gasteiger partial charge on any atom is -0.378 e. The topological polar surface area (TPSA) is 148 Å². The van der Waals surface area contributed by atoms with Crippen molar-refractivity contribution < 1.29 is 24.5 Å². The zero-order valence-corrected chi connectivity index (χ0v) is 18.7. The summed E-state index contributed by atoms with van der Waals surface area (Å²) in [6.07, 6.45) is -0.519. The van der Waals surface area contributed by atoms with Crippen LogP contribution in [0.3, 0.4) is 0 Å². The number of allylic oxidation sites excluding steroid dienone is 1. The molecule has 7 N–H and O–H groups in total. The summed E-state index contributed by atoms with van der Waals surface area (Å²) < 4.78 is 5.18. The lowest BCUT2D eigenvalue weighted by molar-refractivity contribution is -0.123. The summed E-state index contributed by atoms with van der Waals surface area (Å²) in [4.78, 5) is 23.7. The van der Waals surface area contributed by atoms with Crippen molar-refractivity contribution in [2.45, 2.75) is 65.9 Å². The predicted molar refractivity (Wildman–Crippen MR) is 114 cm³/mol. The van der Waals surface area contributed by atoms with Crippen molar-refractivity contribution in [2.75, 3.05) is 19.0 Å². The Kier molecular flexibility index (Phi) is 14.1. The lowest BCUT2D eigenvalue weighted by Crippen LogP contribution is -2.41. The second-order valence-corrected chi connectivity index (χ2v) is 8.35. The van der Waals surface area contributed by atoms with E-state index in [2.05, 4.69) is 5.32 Å². The molecular weight excluding hydrogens is 398 g/mol. The molecular formula is C20H38ClN3O5. The van der Waals surface area contributed by atoms with Gasteiger partial charge in [0.1, 0.15) is 6.23 Å². The Hall–Kier alpha value is -1.19. The average Bonchev–Trinajstić information content (AvgIpc) is 2.60. The largest absolute Gasteiger partial charge is 0.378 e. The average molecular weight is 436 g/mol. The van der Waals surface area contributed by atoms with Gasteiger partial charge in [-0.15, -0.1) is 11.6 Å². The van der Waals surface area contributed by atoms with E-state index in [4.69, 9.17) is 27.8 Å². The van der Waals surface area contributed by atoms with E-state index in [1.807, 2.05) is 13.8 Å². The van der Waals surface area contributed by atoms with E-state index in [0.29, 0.717) is 24.8 Å². The van der Waals surface area contributed by atoms with E-state index in [9.17, 15) is 19.8 Å². The highest BCUT2D eigenvalue weighted by molar-refractivity contribution is 6.17. The number of nitrogens with one attached hydrogen (secondary N) is 1. The lowest BCUT2D eigenvalue weighted by Gasteiger charge is -2.28. The first-order valence-electron chi connectivity index (χ1n) is 10.0. The third-order valence-electron chi connectivity index (χ3n) is 4.68. The molecule has 0 heterocycles. The van der Waals surface area contributed by atoms with Crippen LogP contribution in [0.15, 0.2) is 11.1 Å².